The van der Waals surface area contributed by atoms with E-state index in [2.05, 4.69) is 0 Å². The first-order valence-electron chi connectivity index (χ1n) is 9.24. The molecule has 4 nitrogen and oxygen atoms in total. The van der Waals surface area contributed by atoms with Gasteiger partial charge in [-0.2, -0.15) is 0 Å². The second-order valence-electron chi connectivity index (χ2n) is 6.79. The van der Waals surface area contributed by atoms with Gasteiger partial charge in [-0.3, -0.25) is 14.2 Å². The van der Waals surface area contributed by atoms with Gasteiger partial charge < -0.3 is 0 Å². The van der Waals surface area contributed by atoms with Gasteiger partial charge in [0.1, 0.15) is 16.4 Å². The lowest BCUT2D eigenvalue weighted by molar-refractivity contribution is -0.117. The standard InChI is InChI=1S/C23H20N2O2S/c1-16(26)12-13-25-21(14-17-8-4-2-5-9-17)24-22-19(23(25)27)15-20(28-22)18-10-6-3-7-11-18/h2-11,15H,12-14H2,1H3. The fourth-order valence-corrected chi connectivity index (χ4v) is 4.26. The summed E-state index contributed by atoms with van der Waals surface area (Å²) in [6.45, 7) is 1.90. The lowest BCUT2D eigenvalue weighted by Gasteiger charge is -2.11. The molecule has 0 amide bonds. The van der Waals surface area contributed by atoms with Crippen molar-refractivity contribution < 1.29 is 4.79 Å². The van der Waals surface area contributed by atoms with Crippen molar-refractivity contribution in [1.29, 1.82) is 0 Å². The molecular formula is C23H20N2O2S. The van der Waals surface area contributed by atoms with E-state index in [1.54, 1.807) is 11.5 Å². The maximum Gasteiger partial charge on any atom is 0.262 e. The van der Waals surface area contributed by atoms with Crippen molar-refractivity contribution in [3.05, 3.63) is 88.5 Å². The predicted molar refractivity (Wildman–Crippen MR) is 114 cm³/mol. The van der Waals surface area contributed by atoms with Gasteiger partial charge in [0, 0.05) is 24.3 Å². The second kappa shape index (κ2) is 7.90. The Labute approximate surface area is 167 Å². The van der Waals surface area contributed by atoms with Gasteiger partial charge in [0.25, 0.3) is 5.56 Å². The minimum Gasteiger partial charge on any atom is -0.300 e. The number of benzene rings is 2. The van der Waals surface area contributed by atoms with Crippen LogP contribution >= 0.6 is 11.3 Å². The summed E-state index contributed by atoms with van der Waals surface area (Å²) in [7, 11) is 0. The molecule has 0 saturated carbocycles. The molecule has 0 aliphatic rings. The van der Waals surface area contributed by atoms with Crippen molar-refractivity contribution in [3.63, 3.8) is 0 Å². The zero-order valence-corrected chi connectivity index (χ0v) is 16.4. The van der Waals surface area contributed by atoms with Crippen LogP contribution in [0.2, 0.25) is 0 Å². The number of hydrogen-bond acceptors (Lipinski definition) is 4. The Morgan fingerprint density at radius 3 is 2.39 bits per heavy atom. The molecule has 0 aliphatic carbocycles. The molecule has 0 spiro atoms. The molecule has 28 heavy (non-hydrogen) atoms. The first-order chi connectivity index (χ1) is 13.6. The zero-order valence-electron chi connectivity index (χ0n) is 15.6. The summed E-state index contributed by atoms with van der Waals surface area (Å²) < 4.78 is 1.66. The summed E-state index contributed by atoms with van der Waals surface area (Å²) in [5, 5.41) is 0.615. The van der Waals surface area contributed by atoms with Crippen LogP contribution in [0, 0.1) is 0 Å². The maximum absolute atomic E-state index is 13.2. The van der Waals surface area contributed by atoms with E-state index >= 15 is 0 Å². The van der Waals surface area contributed by atoms with Crippen molar-refractivity contribution in [2.45, 2.75) is 26.3 Å². The Morgan fingerprint density at radius 1 is 1.04 bits per heavy atom. The van der Waals surface area contributed by atoms with E-state index in [-0.39, 0.29) is 11.3 Å². The summed E-state index contributed by atoms with van der Waals surface area (Å²) >= 11 is 1.53. The fourth-order valence-electron chi connectivity index (χ4n) is 3.22. The van der Waals surface area contributed by atoms with E-state index in [1.807, 2.05) is 66.7 Å². The summed E-state index contributed by atoms with van der Waals surface area (Å²) in [4.78, 5) is 31.3. The number of nitrogens with zero attached hydrogens (tertiary/aromatic N) is 2. The molecule has 0 N–H and O–H groups in total. The Kier molecular flexibility index (Phi) is 5.17. The lowest BCUT2D eigenvalue weighted by Crippen LogP contribution is -2.26. The molecule has 2 aromatic carbocycles. The summed E-state index contributed by atoms with van der Waals surface area (Å²) in [6, 6.07) is 21.9. The smallest absolute Gasteiger partial charge is 0.262 e. The third-order valence-electron chi connectivity index (χ3n) is 4.68. The van der Waals surface area contributed by atoms with Crippen LogP contribution in [0.1, 0.15) is 24.7 Å². The molecule has 0 saturated heterocycles. The molecular weight excluding hydrogens is 368 g/mol. The minimum atomic E-state index is -0.0735. The molecule has 4 aromatic rings. The average Bonchev–Trinajstić information content (AvgIpc) is 3.13. The van der Waals surface area contributed by atoms with E-state index in [0.29, 0.717) is 30.6 Å². The van der Waals surface area contributed by atoms with Crippen LogP contribution < -0.4 is 5.56 Å². The number of carbonyl (C=O) groups is 1. The van der Waals surface area contributed by atoms with Gasteiger partial charge >= 0.3 is 0 Å². The van der Waals surface area contributed by atoms with Crippen molar-refractivity contribution in [2.24, 2.45) is 0 Å². The Bertz CT molecular complexity index is 1180. The average molecular weight is 388 g/mol. The maximum atomic E-state index is 13.2. The second-order valence-corrected chi connectivity index (χ2v) is 7.83. The highest BCUT2D eigenvalue weighted by atomic mass is 32.1. The van der Waals surface area contributed by atoms with Crippen LogP contribution in [0.15, 0.2) is 71.5 Å². The number of Topliss-reactive ketones (excluding diaryl/α,β-unsaturated/α-hetero) is 1. The van der Waals surface area contributed by atoms with Crippen molar-refractivity contribution in [3.8, 4) is 10.4 Å². The third-order valence-corrected chi connectivity index (χ3v) is 5.76. The molecule has 0 radical (unpaired) electrons. The number of carbonyl (C=O) groups excluding carboxylic acids is 1. The van der Waals surface area contributed by atoms with Crippen LogP contribution in [0.5, 0.6) is 0 Å². The molecule has 140 valence electrons. The lowest BCUT2D eigenvalue weighted by atomic mass is 10.1. The normalized spacial score (nSPS) is 11.0. The quantitative estimate of drug-likeness (QED) is 0.481. The van der Waals surface area contributed by atoms with Gasteiger partial charge in [-0.05, 0) is 24.1 Å². The van der Waals surface area contributed by atoms with E-state index < -0.39 is 0 Å². The summed E-state index contributed by atoms with van der Waals surface area (Å²) in [5.74, 6) is 0.763. The Hall–Kier alpha value is -3.05. The summed E-state index contributed by atoms with van der Waals surface area (Å²) in [5.41, 5.74) is 2.09. The van der Waals surface area contributed by atoms with Crippen LogP contribution in [0.4, 0.5) is 0 Å². The molecule has 2 aromatic heterocycles. The number of ketones is 1. The van der Waals surface area contributed by atoms with Gasteiger partial charge in [-0.15, -0.1) is 11.3 Å². The first kappa shape index (κ1) is 18.3. The van der Waals surface area contributed by atoms with Crippen molar-refractivity contribution >= 4 is 27.3 Å². The van der Waals surface area contributed by atoms with Crippen LogP contribution in [0.25, 0.3) is 20.7 Å². The number of rotatable bonds is 6. The van der Waals surface area contributed by atoms with Gasteiger partial charge in [0.05, 0.1) is 5.39 Å². The summed E-state index contributed by atoms with van der Waals surface area (Å²) in [6.07, 6.45) is 0.882. The first-order valence-corrected chi connectivity index (χ1v) is 10.1. The van der Waals surface area contributed by atoms with Gasteiger partial charge in [-0.25, -0.2) is 4.98 Å². The topological polar surface area (TPSA) is 52.0 Å². The van der Waals surface area contributed by atoms with E-state index in [0.717, 1.165) is 20.8 Å². The van der Waals surface area contributed by atoms with Gasteiger partial charge in [0.15, 0.2) is 0 Å². The molecule has 0 unspecified atom stereocenters. The van der Waals surface area contributed by atoms with Crippen molar-refractivity contribution in [2.75, 3.05) is 0 Å². The van der Waals surface area contributed by atoms with Crippen LogP contribution in [-0.2, 0) is 17.8 Å². The van der Waals surface area contributed by atoms with Gasteiger partial charge in [-0.1, -0.05) is 60.7 Å². The highest BCUT2D eigenvalue weighted by molar-refractivity contribution is 7.21. The Morgan fingerprint density at radius 2 is 1.71 bits per heavy atom. The van der Waals surface area contributed by atoms with Crippen LogP contribution in [-0.4, -0.2) is 15.3 Å². The Balaban J connectivity index is 1.84. The largest absolute Gasteiger partial charge is 0.300 e. The van der Waals surface area contributed by atoms with Crippen molar-refractivity contribution in [1.82, 2.24) is 9.55 Å². The molecule has 0 fully saturated rings. The number of fused-ring (bicyclic) bond motifs is 1. The van der Waals surface area contributed by atoms with E-state index in [4.69, 9.17) is 4.98 Å². The highest BCUT2D eigenvalue weighted by Crippen LogP contribution is 2.31. The number of thiophene rings is 1. The molecule has 5 heteroatoms. The van der Waals surface area contributed by atoms with E-state index in [9.17, 15) is 9.59 Å². The molecule has 2 heterocycles. The SMILES string of the molecule is CC(=O)CCn1c(Cc2ccccc2)nc2sc(-c3ccccc3)cc2c1=O. The number of hydrogen-bond donors (Lipinski definition) is 0. The predicted octanol–water partition coefficient (Wildman–Crippen LogP) is 4.69. The minimum absolute atomic E-state index is 0.0629. The monoisotopic (exact) mass is 388 g/mol. The highest BCUT2D eigenvalue weighted by Gasteiger charge is 2.15. The van der Waals surface area contributed by atoms with Crippen LogP contribution in [0.3, 0.4) is 0 Å². The molecule has 0 aliphatic heterocycles. The van der Waals surface area contributed by atoms with E-state index in [1.165, 1.54) is 11.3 Å². The fraction of sp³-hybridized carbons (Fsp3) is 0.174. The molecule has 0 atom stereocenters. The number of aromatic nitrogens is 2. The third kappa shape index (κ3) is 3.80. The molecule has 0 bridgehead atoms. The van der Waals surface area contributed by atoms with Gasteiger partial charge in [0.2, 0.25) is 0 Å². The molecule has 4 rings (SSSR count). The zero-order chi connectivity index (χ0) is 19.5.